The second kappa shape index (κ2) is 8.84. The number of piperidine rings is 1. The molecule has 0 unspecified atom stereocenters. The van der Waals surface area contributed by atoms with Gasteiger partial charge in [0.25, 0.3) is 5.91 Å². The van der Waals surface area contributed by atoms with Crippen LogP contribution in [0.3, 0.4) is 0 Å². The van der Waals surface area contributed by atoms with E-state index >= 15 is 0 Å². The number of anilines is 3. The molecule has 27 heavy (non-hydrogen) atoms. The highest BCUT2D eigenvalue weighted by atomic mass is 16.1. The zero-order chi connectivity index (χ0) is 19.2. The highest BCUT2D eigenvalue weighted by molar-refractivity contribution is 6.02. The lowest BCUT2D eigenvalue weighted by atomic mass is 9.99. The Bertz CT molecular complexity index is 732. The van der Waals surface area contributed by atoms with Crippen molar-refractivity contribution in [2.75, 3.05) is 41.3 Å². The molecule has 1 aliphatic rings. The number of nitrogens with zero attached hydrogens (tertiary/aromatic N) is 4. The fraction of sp³-hybridized carbons (Fsp3) is 0.476. The Balaban J connectivity index is 1.60. The van der Waals surface area contributed by atoms with Crippen molar-refractivity contribution in [1.82, 2.24) is 9.97 Å². The molecule has 1 aliphatic heterocycles. The molecule has 3 rings (SSSR count). The largest absolute Gasteiger partial charge is 0.372 e. The Labute approximate surface area is 161 Å². The van der Waals surface area contributed by atoms with E-state index in [1.54, 1.807) is 6.20 Å². The molecule has 1 N–H and O–H groups in total. The lowest BCUT2D eigenvalue weighted by Crippen LogP contribution is -2.32. The summed E-state index contributed by atoms with van der Waals surface area (Å²) in [5.74, 6) is 1.36. The van der Waals surface area contributed by atoms with Gasteiger partial charge in [0.15, 0.2) is 0 Å². The van der Waals surface area contributed by atoms with E-state index in [-0.39, 0.29) is 5.91 Å². The minimum absolute atomic E-state index is 0.242. The van der Waals surface area contributed by atoms with Crippen LogP contribution in [0.5, 0.6) is 0 Å². The summed E-state index contributed by atoms with van der Waals surface area (Å²) in [6, 6.07) is 8.04. The summed E-state index contributed by atoms with van der Waals surface area (Å²) in [5.41, 5.74) is 2.30. The molecule has 0 spiro atoms. The number of amides is 1. The number of carbonyl (C=O) groups excluding carboxylic acids is 1. The first-order chi connectivity index (χ1) is 13.1. The normalized spacial score (nSPS) is 14.9. The molecule has 2 aromatic rings. The third-order valence-corrected chi connectivity index (χ3v) is 5.23. The van der Waals surface area contributed by atoms with Crippen molar-refractivity contribution >= 4 is 23.1 Å². The van der Waals surface area contributed by atoms with E-state index in [4.69, 9.17) is 0 Å². The lowest BCUT2D eigenvalue weighted by Gasteiger charge is -2.32. The van der Waals surface area contributed by atoms with Gasteiger partial charge in [-0.1, -0.05) is 6.92 Å². The lowest BCUT2D eigenvalue weighted by molar-refractivity contribution is 0.102. The van der Waals surface area contributed by atoms with Crippen LogP contribution in [0, 0.1) is 5.92 Å². The fourth-order valence-electron chi connectivity index (χ4n) is 3.37. The van der Waals surface area contributed by atoms with Gasteiger partial charge in [0.2, 0.25) is 0 Å². The van der Waals surface area contributed by atoms with Crippen molar-refractivity contribution < 1.29 is 4.79 Å². The molecular weight excluding hydrogens is 338 g/mol. The Morgan fingerprint density at radius 1 is 1.11 bits per heavy atom. The first-order valence-corrected chi connectivity index (χ1v) is 9.84. The minimum atomic E-state index is -0.242. The number of carbonyl (C=O) groups is 1. The average Bonchev–Trinajstić information content (AvgIpc) is 2.71. The number of hydrogen-bond acceptors (Lipinski definition) is 5. The first kappa shape index (κ1) is 19.1. The van der Waals surface area contributed by atoms with Gasteiger partial charge < -0.3 is 15.1 Å². The summed E-state index contributed by atoms with van der Waals surface area (Å²) in [6.45, 7) is 10.4. The average molecular weight is 367 g/mol. The van der Waals surface area contributed by atoms with Gasteiger partial charge in [-0.25, -0.2) is 9.97 Å². The van der Waals surface area contributed by atoms with E-state index in [9.17, 15) is 4.79 Å². The molecule has 0 radical (unpaired) electrons. The van der Waals surface area contributed by atoms with E-state index in [1.165, 1.54) is 24.7 Å². The number of rotatable bonds is 6. The van der Waals surface area contributed by atoms with Crippen molar-refractivity contribution in [2.24, 2.45) is 5.92 Å². The maximum Gasteiger partial charge on any atom is 0.275 e. The van der Waals surface area contributed by atoms with Crippen LogP contribution in [0.15, 0.2) is 36.7 Å². The number of nitrogens with one attached hydrogen (secondary N) is 1. The van der Waals surface area contributed by atoms with Crippen molar-refractivity contribution in [2.45, 2.75) is 33.6 Å². The Hall–Kier alpha value is -2.63. The van der Waals surface area contributed by atoms with Crippen molar-refractivity contribution in [3.05, 3.63) is 42.4 Å². The number of aromatic nitrogens is 2. The third kappa shape index (κ3) is 4.76. The second-order valence-corrected chi connectivity index (χ2v) is 7.10. The standard InChI is InChI=1S/C21H29N5O/c1-4-25(5-2)20-15-22-19(14-23-20)21(27)24-17-6-8-18(9-7-17)26-12-10-16(3)11-13-26/h6-9,14-16H,4-5,10-13H2,1-3H3,(H,24,27). The molecule has 1 amide bonds. The topological polar surface area (TPSA) is 61.4 Å². The summed E-state index contributed by atoms with van der Waals surface area (Å²) in [5, 5.41) is 2.90. The smallest absolute Gasteiger partial charge is 0.275 e. The van der Waals surface area contributed by atoms with Gasteiger partial charge in [0.1, 0.15) is 11.5 Å². The molecular formula is C21H29N5O. The molecule has 6 nitrogen and oxygen atoms in total. The van der Waals surface area contributed by atoms with Crippen LogP contribution >= 0.6 is 0 Å². The van der Waals surface area contributed by atoms with Crippen LogP contribution < -0.4 is 15.1 Å². The summed E-state index contributed by atoms with van der Waals surface area (Å²) < 4.78 is 0. The van der Waals surface area contributed by atoms with E-state index < -0.39 is 0 Å². The van der Waals surface area contributed by atoms with Gasteiger partial charge in [0.05, 0.1) is 12.4 Å². The van der Waals surface area contributed by atoms with Gasteiger partial charge in [-0.3, -0.25) is 4.79 Å². The molecule has 2 heterocycles. The summed E-state index contributed by atoms with van der Waals surface area (Å²) in [7, 11) is 0. The van der Waals surface area contributed by atoms with Crippen LogP contribution in [0.2, 0.25) is 0 Å². The highest BCUT2D eigenvalue weighted by Crippen LogP contribution is 2.24. The third-order valence-electron chi connectivity index (χ3n) is 5.23. The molecule has 0 saturated carbocycles. The van der Waals surface area contributed by atoms with Crippen LogP contribution in [-0.4, -0.2) is 42.1 Å². The van der Waals surface area contributed by atoms with E-state index in [2.05, 4.69) is 58.0 Å². The van der Waals surface area contributed by atoms with Crippen molar-refractivity contribution in [3.63, 3.8) is 0 Å². The summed E-state index contributed by atoms with van der Waals surface area (Å²) in [4.78, 5) is 25.5. The number of benzene rings is 1. The maximum atomic E-state index is 12.4. The zero-order valence-corrected chi connectivity index (χ0v) is 16.5. The molecule has 0 bridgehead atoms. The van der Waals surface area contributed by atoms with E-state index in [1.807, 2.05) is 12.1 Å². The SMILES string of the molecule is CCN(CC)c1cnc(C(=O)Nc2ccc(N3CCC(C)CC3)cc2)cn1. The summed E-state index contributed by atoms with van der Waals surface area (Å²) in [6.07, 6.45) is 5.66. The number of hydrogen-bond donors (Lipinski definition) is 1. The molecule has 1 fully saturated rings. The Morgan fingerprint density at radius 3 is 2.33 bits per heavy atom. The van der Waals surface area contributed by atoms with Crippen LogP contribution in [-0.2, 0) is 0 Å². The van der Waals surface area contributed by atoms with Gasteiger partial charge in [-0.05, 0) is 56.9 Å². The van der Waals surface area contributed by atoms with Crippen LogP contribution in [0.1, 0.15) is 44.1 Å². The predicted molar refractivity (Wildman–Crippen MR) is 111 cm³/mol. The molecule has 1 aromatic carbocycles. The highest BCUT2D eigenvalue weighted by Gasteiger charge is 2.16. The van der Waals surface area contributed by atoms with Gasteiger partial charge in [-0.2, -0.15) is 0 Å². The Morgan fingerprint density at radius 2 is 1.78 bits per heavy atom. The monoisotopic (exact) mass is 367 g/mol. The maximum absolute atomic E-state index is 12.4. The first-order valence-electron chi connectivity index (χ1n) is 9.84. The van der Waals surface area contributed by atoms with Crippen molar-refractivity contribution in [3.8, 4) is 0 Å². The van der Waals surface area contributed by atoms with Crippen molar-refractivity contribution in [1.29, 1.82) is 0 Å². The van der Waals surface area contributed by atoms with Crippen LogP contribution in [0.25, 0.3) is 0 Å². The molecule has 0 aliphatic carbocycles. The van der Waals surface area contributed by atoms with Gasteiger partial charge >= 0.3 is 0 Å². The molecule has 0 atom stereocenters. The zero-order valence-electron chi connectivity index (χ0n) is 16.5. The molecule has 144 valence electrons. The second-order valence-electron chi connectivity index (χ2n) is 7.10. The predicted octanol–water partition coefficient (Wildman–Crippen LogP) is 3.81. The molecule has 1 saturated heterocycles. The Kier molecular flexibility index (Phi) is 6.27. The minimum Gasteiger partial charge on any atom is -0.372 e. The van der Waals surface area contributed by atoms with Crippen LogP contribution in [0.4, 0.5) is 17.2 Å². The van der Waals surface area contributed by atoms with Gasteiger partial charge in [-0.15, -0.1) is 0 Å². The summed E-state index contributed by atoms with van der Waals surface area (Å²) >= 11 is 0. The molecule has 6 heteroatoms. The van der Waals surface area contributed by atoms with Gasteiger partial charge in [0, 0.05) is 37.6 Å². The van der Waals surface area contributed by atoms with E-state index in [0.717, 1.165) is 43.6 Å². The quantitative estimate of drug-likeness (QED) is 0.841. The fourth-order valence-corrected chi connectivity index (χ4v) is 3.37. The molecule has 1 aromatic heterocycles. The van der Waals surface area contributed by atoms with E-state index in [0.29, 0.717) is 5.69 Å².